The second kappa shape index (κ2) is 9.20. The third-order valence-electron chi connectivity index (χ3n) is 5.61. The fourth-order valence-corrected chi connectivity index (χ4v) is 4.04. The van der Waals surface area contributed by atoms with E-state index in [1.165, 1.54) is 12.3 Å². The van der Waals surface area contributed by atoms with Gasteiger partial charge >= 0.3 is 0 Å². The molecule has 1 amide bonds. The zero-order valence-corrected chi connectivity index (χ0v) is 17.6. The zero-order valence-electron chi connectivity index (χ0n) is 17.6. The molecule has 2 aromatic carbocycles. The van der Waals surface area contributed by atoms with Gasteiger partial charge in [0.25, 0.3) is 0 Å². The lowest BCUT2D eigenvalue weighted by molar-refractivity contribution is -0.132. The lowest BCUT2D eigenvalue weighted by Gasteiger charge is -2.25. The normalized spacial score (nSPS) is 15.8. The molecule has 0 bridgehead atoms. The molecular weight excluding hydrogens is 399 g/mol. The Morgan fingerprint density at radius 2 is 2.00 bits per heavy atom. The Balaban J connectivity index is 1.42. The highest BCUT2D eigenvalue weighted by molar-refractivity contribution is 5.77. The summed E-state index contributed by atoms with van der Waals surface area (Å²) < 4.78 is 30.3. The fraction of sp³-hybridized carbons (Fsp3) is 0.333. The molecule has 0 spiro atoms. The second-order valence-corrected chi connectivity index (χ2v) is 7.46. The molecule has 162 valence electrons. The van der Waals surface area contributed by atoms with E-state index in [9.17, 15) is 9.18 Å². The van der Waals surface area contributed by atoms with Crippen molar-refractivity contribution in [3.63, 3.8) is 0 Å². The van der Waals surface area contributed by atoms with Gasteiger partial charge in [0.1, 0.15) is 5.82 Å². The van der Waals surface area contributed by atoms with Gasteiger partial charge in [-0.1, -0.05) is 18.2 Å². The number of carbonyl (C=O) groups excluding carboxylic acids is 1. The average molecular weight is 424 g/mol. The van der Waals surface area contributed by atoms with E-state index in [1.54, 1.807) is 32.4 Å². The highest BCUT2D eigenvalue weighted by Gasteiger charge is 2.30. The first-order chi connectivity index (χ1) is 15.1. The summed E-state index contributed by atoms with van der Waals surface area (Å²) in [4.78, 5) is 19.1. The van der Waals surface area contributed by atoms with Crippen LogP contribution in [0.4, 0.5) is 4.39 Å². The Kier molecular flexibility index (Phi) is 6.21. The van der Waals surface area contributed by atoms with Gasteiger partial charge in [0.15, 0.2) is 23.1 Å². The number of hydrogen-bond acceptors (Lipinski definition) is 5. The van der Waals surface area contributed by atoms with E-state index in [0.717, 1.165) is 18.4 Å². The van der Waals surface area contributed by atoms with Crippen LogP contribution in [0.1, 0.15) is 36.8 Å². The number of aryl methyl sites for hydroxylation is 1. The minimum absolute atomic E-state index is 0.00541. The maximum absolute atomic E-state index is 13.9. The van der Waals surface area contributed by atoms with Crippen LogP contribution in [0, 0.1) is 5.82 Å². The first-order valence-electron chi connectivity index (χ1n) is 10.3. The largest absolute Gasteiger partial charge is 0.493 e. The SMILES string of the molecule is COc1ccc(C2CCCN2C(=O)CCc2ncc(-c3ccccc3F)o2)cc1OC. The van der Waals surface area contributed by atoms with E-state index < -0.39 is 0 Å². The average Bonchev–Trinajstić information content (AvgIpc) is 3.47. The number of aromatic nitrogens is 1. The first-order valence-corrected chi connectivity index (χ1v) is 10.3. The monoisotopic (exact) mass is 424 g/mol. The van der Waals surface area contributed by atoms with Crippen LogP contribution in [-0.2, 0) is 11.2 Å². The molecule has 1 atom stereocenters. The van der Waals surface area contributed by atoms with Gasteiger partial charge in [-0.25, -0.2) is 9.37 Å². The zero-order chi connectivity index (χ0) is 21.8. The van der Waals surface area contributed by atoms with Crippen molar-refractivity contribution in [2.24, 2.45) is 0 Å². The molecule has 1 saturated heterocycles. The molecule has 7 heteroatoms. The fourth-order valence-electron chi connectivity index (χ4n) is 4.04. The summed E-state index contributed by atoms with van der Waals surface area (Å²) in [6.45, 7) is 0.712. The van der Waals surface area contributed by atoms with Crippen LogP contribution in [0.5, 0.6) is 11.5 Å². The van der Waals surface area contributed by atoms with E-state index in [2.05, 4.69) is 4.98 Å². The van der Waals surface area contributed by atoms with Crippen LogP contribution < -0.4 is 9.47 Å². The van der Waals surface area contributed by atoms with Crippen molar-refractivity contribution in [1.29, 1.82) is 0 Å². The molecule has 1 fully saturated rings. The molecule has 1 aromatic heterocycles. The minimum Gasteiger partial charge on any atom is -0.493 e. The molecule has 6 nitrogen and oxygen atoms in total. The standard InChI is InChI=1S/C24H25FN2O4/c1-29-20-10-9-16(14-21(20)30-2)19-8-5-13-27(19)24(28)12-11-23-26-15-22(31-23)17-6-3-4-7-18(17)25/h3-4,6-7,9-10,14-15,19H,5,8,11-13H2,1-2H3. The Bertz CT molecular complexity index is 1070. The Morgan fingerprint density at radius 1 is 1.19 bits per heavy atom. The third kappa shape index (κ3) is 4.40. The van der Waals surface area contributed by atoms with Crippen LogP contribution in [0.25, 0.3) is 11.3 Å². The highest BCUT2D eigenvalue weighted by Crippen LogP contribution is 2.37. The van der Waals surface area contributed by atoms with Gasteiger partial charge in [-0.2, -0.15) is 0 Å². The number of methoxy groups -OCH3 is 2. The van der Waals surface area contributed by atoms with E-state index in [0.29, 0.717) is 41.7 Å². The Hall–Kier alpha value is -3.35. The predicted molar refractivity (Wildman–Crippen MR) is 113 cm³/mol. The summed E-state index contributed by atoms with van der Waals surface area (Å²) in [5, 5.41) is 0. The minimum atomic E-state index is -0.365. The van der Waals surface area contributed by atoms with E-state index in [1.807, 2.05) is 23.1 Å². The number of ether oxygens (including phenoxy) is 2. The topological polar surface area (TPSA) is 64.8 Å². The molecule has 3 aromatic rings. The van der Waals surface area contributed by atoms with Crippen molar-refractivity contribution in [3.8, 4) is 22.8 Å². The molecule has 0 aliphatic carbocycles. The first kappa shape index (κ1) is 20.9. The Morgan fingerprint density at radius 3 is 2.77 bits per heavy atom. The summed E-state index contributed by atoms with van der Waals surface area (Å²) in [6, 6.07) is 12.2. The van der Waals surface area contributed by atoms with Gasteiger partial charge in [0, 0.05) is 19.4 Å². The van der Waals surface area contributed by atoms with Gasteiger partial charge < -0.3 is 18.8 Å². The number of oxazole rings is 1. The van der Waals surface area contributed by atoms with Gasteiger partial charge in [0.05, 0.1) is 32.0 Å². The molecule has 31 heavy (non-hydrogen) atoms. The number of benzene rings is 2. The van der Waals surface area contributed by atoms with E-state index in [4.69, 9.17) is 13.9 Å². The number of nitrogens with zero attached hydrogens (tertiary/aromatic N) is 2. The predicted octanol–water partition coefficient (Wildman–Crippen LogP) is 4.79. The van der Waals surface area contributed by atoms with Crippen LogP contribution in [-0.4, -0.2) is 36.6 Å². The molecule has 1 aliphatic rings. The molecule has 0 saturated carbocycles. The molecule has 1 aliphatic heterocycles. The van der Waals surface area contributed by atoms with Crippen molar-refractivity contribution in [3.05, 3.63) is 65.9 Å². The van der Waals surface area contributed by atoms with Crippen LogP contribution in [0.3, 0.4) is 0 Å². The maximum Gasteiger partial charge on any atom is 0.223 e. The number of carbonyl (C=O) groups is 1. The van der Waals surface area contributed by atoms with Crippen LogP contribution in [0.15, 0.2) is 53.1 Å². The molecular formula is C24H25FN2O4. The van der Waals surface area contributed by atoms with Crippen molar-refractivity contribution in [2.45, 2.75) is 31.7 Å². The summed E-state index contributed by atoms with van der Waals surface area (Å²) in [5.41, 5.74) is 1.39. The van der Waals surface area contributed by atoms with Crippen molar-refractivity contribution < 1.29 is 23.1 Å². The highest BCUT2D eigenvalue weighted by atomic mass is 19.1. The number of likely N-dealkylation sites (tertiary alicyclic amines) is 1. The van der Waals surface area contributed by atoms with E-state index >= 15 is 0 Å². The molecule has 0 N–H and O–H groups in total. The number of hydrogen-bond donors (Lipinski definition) is 0. The third-order valence-corrected chi connectivity index (χ3v) is 5.61. The van der Waals surface area contributed by atoms with Gasteiger partial charge in [-0.15, -0.1) is 0 Å². The molecule has 0 radical (unpaired) electrons. The maximum atomic E-state index is 13.9. The van der Waals surface area contributed by atoms with Gasteiger partial charge in [-0.05, 0) is 42.7 Å². The van der Waals surface area contributed by atoms with Gasteiger partial charge in [0.2, 0.25) is 5.91 Å². The number of amides is 1. The van der Waals surface area contributed by atoms with Crippen molar-refractivity contribution in [1.82, 2.24) is 9.88 Å². The van der Waals surface area contributed by atoms with Crippen LogP contribution >= 0.6 is 0 Å². The second-order valence-electron chi connectivity index (χ2n) is 7.46. The summed E-state index contributed by atoms with van der Waals surface area (Å²) in [5.74, 6) is 1.79. The van der Waals surface area contributed by atoms with Crippen LogP contribution in [0.2, 0.25) is 0 Å². The lowest BCUT2D eigenvalue weighted by atomic mass is 10.0. The lowest BCUT2D eigenvalue weighted by Crippen LogP contribution is -2.30. The van der Waals surface area contributed by atoms with E-state index in [-0.39, 0.29) is 24.2 Å². The van der Waals surface area contributed by atoms with Gasteiger partial charge in [-0.3, -0.25) is 4.79 Å². The quantitative estimate of drug-likeness (QED) is 0.545. The number of rotatable bonds is 7. The number of halogens is 1. The molecule has 2 heterocycles. The summed E-state index contributed by atoms with van der Waals surface area (Å²) in [6.07, 6.45) is 3.99. The summed E-state index contributed by atoms with van der Waals surface area (Å²) in [7, 11) is 3.20. The Labute approximate surface area is 180 Å². The molecule has 4 rings (SSSR count). The van der Waals surface area contributed by atoms with Crippen molar-refractivity contribution in [2.75, 3.05) is 20.8 Å². The molecule has 1 unspecified atom stereocenters. The van der Waals surface area contributed by atoms with Crippen molar-refractivity contribution >= 4 is 5.91 Å². The summed E-state index contributed by atoms with van der Waals surface area (Å²) >= 11 is 0. The smallest absolute Gasteiger partial charge is 0.223 e.